The lowest BCUT2D eigenvalue weighted by molar-refractivity contribution is -0.140. The average Bonchev–Trinajstić information content (AvgIpc) is 2.90. The fraction of sp³-hybridized carbons (Fsp3) is 0.310. The third-order valence-electron chi connectivity index (χ3n) is 6.43. The predicted molar refractivity (Wildman–Crippen MR) is 157 cm³/mol. The molecule has 0 radical (unpaired) electrons. The Morgan fingerprint density at radius 1 is 1.00 bits per heavy atom. The van der Waals surface area contributed by atoms with Crippen molar-refractivity contribution in [2.45, 2.75) is 45.3 Å². The Morgan fingerprint density at radius 3 is 2.25 bits per heavy atom. The normalized spacial score (nSPS) is 12.8. The summed E-state index contributed by atoms with van der Waals surface area (Å²) in [6.45, 7) is 2.93. The summed E-state index contributed by atoms with van der Waals surface area (Å²) in [5.41, 5.74) is 1.03. The van der Waals surface area contributed by atoms with Crippen LogP contribution in [0.5, 0.6) is 0 Å². The van der Waals surface area contributed by atoms with Crippen molar-refractivity contribution in [3.8, 4) is 0 Å². The zero-order valence-electron chi connectivity index (χ0n) is 22.5. The van der Waals surface area contributed by atoms with Gasteiger partial charge in [0, 0.05) is 29.1 Å². The first kappa shape index (κ1) is 31.4. The summed E-state index contributed by atoms with van der Waals surface area (Å²) in [6.07, 6.45) is 1.71. The summed E-state index contributed by atoms with van der Waals surface area (Å²) in [5, 5.41) is 3.61. The van der Waals surface area contributed by atoms with E-state index in [0.717, 1.165) is 17.9 Å². The van der Waals surface area contributed by atoms with Gasteiger partial charge in [0.1, 0.15) is 18.4 Å². The molecule has 214 valence electrons. The Labute approximate surface area is 244 Å². The Balaban J connectivity index is 2.10. The van der Waals surface area contributed by atoms with Gasteiger partial charge in [-0.3, -0.25) is 13.9 Å². The van der Waals surface area contributed by atoms with Gasteiger partial charge >= 0.3 is 0 Å². The second-order valence-electron chi connectivity index (χ2n) is 9.50. The minimum Gasteiger partial charge on any atom is -0.352 e. The maximum atomic E-state index is 14.7. The van der Waals surface area contributed by atoms with Gasteiger partial charge in [-0.1, -0.05) is 78.7 Å². The number of rotatable bonds is 12. The zero-order valence-corrected chi connectivity index (χ0v) is 24.8. The molecule has 0 saturated carbocycles. The van der Waals surface area contributed by atoms with E-state index in [1.54, 1.807) is 12.1 Å². The number of amides is 2. The Morgan fingerprint density at radius 2 is 1.65 bits per heavy atom. The summed E-state index contributed by atoms with van der Waals surface area (Å²) in [4.78, 5) is 28.9. The summed E-state index contributed by atoms with van der Waals surface area (Å²) in [5.74, 6) is -1.92. The molecule has 2 amide bonds. The highest BCUT2D eigenvalue weighted by molar-refractivity contribution is 7.92. The van der Waals surface area contributed by atoms with E-state index >= 15 is 0 Å². The molecular weight excluding hydrogens is 576 g/mol. The quantitative estimate of drug-likeness (QED) is 0.296. The van der Waals surface area contributed by atoms with Crippen LogP contribution in [0.25, 0.3) is 0 Å². The first-order chi connectivity index (χ1) is 18.9. The molecule has 0 spiro atoms. The Hall–Kier alpha value is -3.14. The molecule has 0 fully saturated rings. The lowest BCUT2D eigenvalue weighted by atomic mass is 10.0. The molecule has 7 nitrogen and oxygen atoms in total. The van der Waals surface area contributed by atoms with E-state index in [4.69, 9.17) is 23.2 Å². The van der Waals surface area contributed by atoms with Crippen LogP contribution in [0, 0.1) is 5.82 Å². The second kappa shape index (κ2) is 14.0. The number of carbonyl (C=O) groups excluding carboxylic acids is 2. The monoisotopic (exact) mass is 607 g/mol. The molecule has 2 atom stereocenters. The van der Waals surface area contributed by atoms with Crippen molar-refractivity contribution in [2.24, 2.45) is 0 Å². The summed E-state index contributed by atoms with van der Waals surface area (Å²) >= 11 is 12.5. The fourth-order valence-electron chi connectivity index (χ4n) is 4.08. The highest BCUT2D eigenvalue weighted by Crippen LogP contribution is 2.26. The van der Waals surface area contributed by atoms with Crippen molar-refractivity contribution < 1.29 is 22.4 Å². The minimum atomic E-state index is -4.08. The third kappa shape index (κ3) is 8.43. The van der Waals surface area contributed by atoms with Gasteiger partial charge in [-0.05, 0) is 48.7 Å². The molecule has 0 bridgehead atoms. The van der Waals surface area contributed by atoms with Crippen molar-refractivity contribution in [1.82, 2.24) is 10.2 Å². The molecular formula is C29H32Cl2FN3O4S. The van der Waals surface area contributed by atoms with Crippen LogP contribution in [0.4, 0.5) is 10.1 Å². The van der Waals surface area contributed by atoms with E-state index in [1.807, 2.05) is 44.2 Å². The number of anilines is 1. The molecule has 0 aliphatic carbocycles. The first-order valence-corrected chi connectivity index (χ1v) is 15.3. The van der Waals surface area contributed by atoms with Crippen LogP contribution < -0.4 is 9.62 Å². The van der Waals surface area contributed by atoms with E-state index in [-0.39, 0.29) is 29.7 Å². The van der Waals surface area contributed by atoms with Crippen molar-refractivity contribution in [2.75, 3.05) is 17.1 Å². The van der Waals surface area contributed by atoms with Crippen molar-refractivity contribution >= 4 is 50.7 Å². The van der Waals surface area contributed by atoms with Gasteiger partial charge in [0.25, 0.3) is 0 Å². The van der Waals surface area contributed by atoms with Gasteiger partial charge in [-0.2, -0.15) is 0 Å². The van der Waals surface area contributed by atoms with Crippen LogP contribution >= 0.6 is 23.2 Å². The number of hydrogen-bond acceptors (Lipinski definition) is 4. The maximum Gasteiger partial charge on any atom is 0.244 e. The van der Waals surface area contributed by atoms with Gasteiger partial charge in [-0.15, -0.1) is 0 Å². The smallest absolute Gasteiger partial charge is 0.244 e. The highest BCUT2D eigenvalue weighted by atomic mass is 35.5. The van der Waals surface area contributed by atoms with E-state index in [9.17, 15) is 22.4 Å². The predicted octanol–water partition coefficient (Wildman–Crippen LogP) is 5.45. The van der Waals surface area contributed by atoms with Crippen LogP contribution in [0.15, 0.2) is 72.8 Å². The van der Waals surface area contributed by atoms with Gasteiger partial charge in [-0.25, -0.2) is 12.8 Å². The molecule has 0 unspecified atom stereocenters. The van der Waals surface area contributed by atoms with Gasteiger partial charge < -0.3 is 10.2 Å². The van der Waals surface area contributed by atoms with Crippen molar-refractivity contribution in [1.29, 1.82) is 0 Å². The maximum absolute atomic E-state index is 14.7. The van der Waals surface area contributed by atoms with E-state index < -0.39 is 40.2 Å². The zero-order chi connectivity index (χ0) is 29.4. The molecule has 40 heavy (non-hydrogen) atoms. The summed E-state index contributed by atoms with van der Waals surface area (Å²) in [7, 11) is -4.08. The third-order valence-corrected chi connectivity index (χ3v) is 8.14. The summed E-state index contributed by atoms with van der Waals surface area (Å²) in [6, 6.07) is 18.0. The number of carbonyl (C=O) groups is 2. The molecule has 0 aliphatic rings. The van der Waals surface area contributed by atoms with Gasteiger partial charge in [0.2, 0.25) is 21.8 Å². The number of nitrogens with zero attached hydrogens (tertiary/aromatic N) is 2. The number of benzene rings is 3. The molecule has 3 aromatic rings. The number of para-hydroxylation sites is 1. The molecule has 0 aliphatic heterocycles. The number of halogens is 3. The molecule has 3 rings (SSSR count). The molecule has 1 N–H and O–H groups in total. The first-order valence-electron chi connectivity index (χ1n) is 12.7. The van der Waals surface area contributed by atoms with Gasteiger partial charge in [0.05, 0.1) is 11.9 Å². The number of nitrogens with one attached hydrogen (secondary N) is 1. The lowest BCUT2D eigenvalue weighted by Gasteiger charge is -2.34. The molecule has 3 aromatic carbocycles. The average molecular weight is 609 g/mol. The van der Waals surface area contributed by atoms with Crippen LogP contribution in [0.3, 0.4) is 0 Å². The largest absolute Gasteiger partial charge is 0.352 e. The number of sulfonamides is 1. The molecule has 11 heteroatoms. The Kier molecular flexibility index (Phi) is 11.0. The van der Waals surface area contributed by atoms with Crippen LogP contribution in [0.1, 0.15) is 31.4 Å². The Bertz CT molecular complexity index is 1440. The highest BCUT2D eigenvalue weighted by Gasteiger charge is 2.34. The van der Waals surface area contributed by atoms with E-state index in [1.165, 1.54) is 29.2 Å². The second-order valence-corrected chi connectivity index (χ2v) is 12.3. The molecule has 0 heterocycles. The van der Waals surface area contributed by atoms with E-state index in [2.05, 4.69) is 5.32 Å². The van der Waals surface area contributed by atoms with Crippen LogP contribution in [-0.4, -0.2) is 50.0 Å². The number of hydrogen-bond donors (Lipinski definition) is 1. The fourth-order valence-corrected chi connectivity index (χ4v) is 5.40. The molecule has 0 aromatic heterocycles. The summed E-state index contributed by atoms with van der Waals surface area (Å²) < 4.78 is 40.9. The molecule has 0 saturated heterocycles. The lowest BCUT2D eigenvalue weighted by Crippen LogP contribution is -2.54. The SMILES string of the molecule is CC[C@H](C)NC(=O)[C@@H](Cc1ccccc1)N(Cc1ccc(Cl)cc1Cl)C(=O)CN(c1ccccc1F)S(C)(=O)=O. The van der Waals surface area contributed by atoms with Crippen molar-refractivity contribution in [3.63, 3.8) is 0 Å². The van der Waals surface area contributed by atoms with Crippen molar-refractivity contribution in [3.05, 3.63) is 99.8 Å². The minimum absolute atomic E-state index is 0.116. The standard InChI is InChI=1S/C29H32Cl2FN3O4S/c1-4-20(2)33-29(37)27(16-21-10-6-5-7-11-21)34(18-22-14-15-23(30)17-24(22)31)28(36)19-35(40(3,38)39)26-13-9-8-12-25(26)32/h5-15,17,20,27H,4,16,18-19H2,1-3H3,(H,33,37)/t20-,27+/m0/s1. The topological polar surface area (TPSA) is 86.8 Å². The van der Waals surface area contributed by atoms with Crippen LogP contribution in [0.2, 0.25) is 10.0 Å². The van der Waals surface area contributed by atoms with Gasteiger partial charge in [0.15, 0.2) is 0 Å². The van der Waals surface area contributed by atoms with Crippen LogP contribution in [-0.2, 0) is 32.6 Å². The van der Waals surface area contributed by atoms with E-state index in [0.29, 0.717) is 21.3 Å².